The first kappa shape index (κ1) is 13.5. The number of hydrogen-bond acceptors (Lipinski definition) is 5. The van der Waals surface area contributed by atoms with Crippen LogP contribution in [0.1, 0.15) is 24.5 Å². The minimum absolute atomic E-state index is 0.280. The summed E-state index contributed by atoms with van der Waals surface area (Å²) in [5.74, 6) is -0.361. The third-order valence-electron chi connectivity index (χ3n) is 2.50. The Kier molecular flexibility index (Phi) is 4.71. The molecule has 1 N–H and O–H groups in total. The van der Waals surface area contributed by atoms with Crippen molar-refractivity contribution in [2.24, 2.45) is 0 Å². The summed E-state index contributed by atoms with van der Waals surface area (Å²) in [6, 6.07) is 8.16. The number of nitriles is 2. The number of carbonyl (C=O) groups excluding carboxylic acids is 1. The summed E-state index contributed by atoms with van der Waals surface area (Å²) >= 11 is 0. The van der Waals surface area contributed by atoms with E-state index < -0.39 is 6.04 Å². The molecule has 5 heteroatoms. The van der Waals surface area contributed by atoms with Gasteiger partial charge in [-0.2, -0.15) is 10.5 Å². The molecule has 0 amide bonds. The van der Waals surface area contributed by atoms with Crippen molar-refractivity contribution >= 4 is 11.7 Å². The lowest BCUT2D eigenvalue weighted by atomic mass is 10.1. The standard InChI is InChI=1S/C13H13N3O2/c1-3-12(13(17)18-2)16-11-5-4-9(7-14)10(6-11)8-15/h4-6,12,16H,3H2,1-2H3. The fourth-order valence-corrected chi connectivity index (χ4v) is 1.50. The molecule has 0 radical (unpaired) electrons. The number of methoxy groups -OCH3 is 1. The number of anilines is 1. The Morgan fingerprint density at radius 3 is 2.56 bits per heavy atom. The van der Waals surface area contributed by atoms with Gasteiger partial charge >= 0.3 is 5.97 Å². The average Bonchev–Trinajstić information content (AvgIpc) is 2.43. The summed E-state index contributed by atoms with van der Waals surface area (Å²) in [5, 5.41) is 20.7. The molecule has 1 rings (SSSR count). The van der Waals surface area contributed by atoms with Crippen molar-refractivity contribution in [3.63, 3.8) is 0 Å². The number of ether oxygens (including phenoxy) is 1. The summed E-state index contributed by atoms with van der Waals surface area (Å²) in [6.07, 6.45) is 0.564. The molecular formula is C13H13N3O2. The van der Waals surface area contributed by atoms with Crippen LogP contribution in [0.15, 0.2) is 18.2 Å². The number of hydrogen-bond donors (Lipinski definition) is 1. The predicted octanol–water partition coefficient (Wildman–Crippen LogP) is 1.79. The van der Waals surface area contributed by atoms with Crippen molar-refractivity contribution < 1.29 is 9.53 Å². The fraction of sp³-hybridized carbons (Fsp3) is 0.308. The summed E-state index contributed by atoms with van der Waals surface area (Å²) in [4.78, 5) is 11.4. The van der Waals surface area contributed by atoms with Gasteiger partial charge in [-0.05, 0) is 24.6 Å². The second kappa shape index (κ2) is 6.27. The minimum Gasteiger partial charge on any atom is -0.467 e. The number of carbonyl (C=O) groups is 1. The minimum atomic E-state index is -0.463. The van der Waals surface area contributed by atoms with Gasteiger partial charge < -0.3 is 10.1 Å². The number of nitrogens with one attached hydrogen (secondary N) is 1. The Labute approximate surface area is 106 Å². The van der Waals surface area contributed by atoms with Gasteiger partial charge in [0, 0.05) is 5.69 Å². The molecule has 0 bridgehead atoms. The number of esters is 1. The van der Waals surface area contributed by atoms with Crippen molar-refractivity contribution in [3.8, 4) is 12.1 Å². The van der Waals surface area contributed by atoms with Gasteiger partial charge in [-0.3, -0.25) is 0 Å². The maximum Gasteiger partial charge on any atom is 0.328 e. The van der Waals surface area contributed by atoms with Gasteiger partial charge in [-0.25, -0.2) is 4.79 Å². The highest BCUT2D eigenvalue weighted by Crippen LogP contribution is 2.16. The summed E-state index contributed by atoms with van der Waals surface area (Å²) in [5.41, 5.74) is 1.21. The lowest BCUT2D eigenvalue weighted by Crippen LogP contribution is -2.29. The van der Waals surface area contributed by atoms with E-state index in [1.54, 1.807) is 18.2 Å². The van der Waals surface area contributed by atoms with E-state index in [4.69, 9.17) is 10.5 Å². The molecule has 0 aliphatic heterocycles. The lowest BCUT2D eigenvalue weighted by molar-refractivity contribution is -0.141. The number of benzene rings is 1. The van der Waals surface area contributed by atoms with E-state index in [0.29, 0.717) is 17.7 Å². The Morgan fingerprint density at radius 2 is 2.06 bits per heavy atom. The molecule has 5 nitrogen and oxygen atoms in total. The van der Waals surface area contributed by atoms with E-state index in [1.165, 1.54) is 7.11 Å². The molecule has 1 atom stereocenters. The van der Waals surface area contributed by atoms with Gasteiger partial charge in [0.05, 0.1) is 18.2 Å². The van der Waals surface area contributed by atoms with E-state index >= 15 is 0 Å². The molecule has 0 spiro atoms. The molecule has 92 valence electrons. The van der Waals surface area contributed by atoms with Gasteiger partial charge in [-0.1, -0.05) is 6.92 Å². The molecule has 0 fully saturated rings. The van der Waals surface area contributed by atoms with E-state index in [0.717, 1.165) is 0 Å². The van der Waals surface area contributed by atoms with Crippen molar-refractivity contribution in [2.45, 2.75) is 19.4 Å². The zero-order valence-corrected chi connectivity index (χ0v) is 10.2. The zero-order valence-electron chi connectivity index (χ0n) is 10.2. The second-order valence-electron chi connectivity index (χ2n) is 3.61. The van der Waals surface area contributed by atoms with Gasteiger partial charge in [0.15, 0.2) is 0 Å². The topological polar surface area (TPSA) is 85.9 Å². The van der Waals surface area contributed by atoms with Gasteiger partial charge in [0.2, 0.25) is 0 Å². The molecule has 0 saturated heterocycles. The largest absolute Gasteiger partial charge is 0.467 e. The molecule has 1 unspecified atom stereocenters. The van der Waals surface area contributed by atoms with Crippen LogP contribution in [0.25, 0.3) is 0 Å². The highest BCUT2D eigenvalue weighted by atomic mass is 16.5. The smallest absolute Gasteiger partial charge is 0.328 e. The van der Waals surface area contributed by atoms with Crippen LogP contribution in [-0.4, -0.2) is 19.1 Å². The summed E-state index contributed by atoms with van der Waals surface area (Å²) < 4.78 is 4.66. The maximum atomic E-state index is 11.4. The normalized spacial score (nSPS) is 10.9. The number of nitrogens with zero attached hydrogens (tertiary/aromatic N) is 2. The molecule has 0 saturated carbocycles. The molecule has 1 aromatic carbocycles. The number of rotatable bonds is 4. The predicted molar refractivity (Wildman–Crippen MR) is 65.6 cm³/mol. The monoisotopic (exact) mass is 243 g/mol. The lowest BCUT2D eigenvalue weighted by Gasteiger charge is -2.15. The van der Waals surface area contributed by atoms with Crippen molar-refractivity contribution in [3.05, 3.63) is 29.3 Å². The Balaban J connectivity index is 2.96. The summed E-state index contributed by atoms with van der Waals surface area (Å²) in [6.45, 7) is 1.85. The van der Waals surface area contributed by atoms with Crippen molar-refractivity contribution in [1.82, 2.24) is 0 Å². The summed E-state index contributed by atoms with van der Waals surface area (Å²) in [7, 11) is 1.33. The first-order valence-electron chi connectivity index (χ1n) is 5.44. The van der Waals surface area contributed by atoms with Gasteiger partial charge in [0.25, 0.3) is 0 Å². The highest BCUT2D eigenvalue weighted by Gasteiger charge is 2.16. The Bertz CT molecular complexity index is 526. The Morgan fingerprint density at radius 1 is 1.39 bits per heavy atom. The van der Waals surface area contributed by atoms with Crippen molar-refractivity contribution in [1.29, 1.82) is 10.5 Å². The van der Waals surface area contributed by atoms with Crippen LogP contribution < -0.4 is 5.32 Å². The van der Waals surface area contributed by atoms with E-state index in [2.05, 4.69) is 10.1 Å². The quantitative estimate of drug-likeness (QED) is 0.815. The molecule has 18 heavy (non-hydrogen) atoms. The van der Waals surface area contributed by atoms with Crippen LogP contribution in [0.2, 0.25) is 0 Å². The van der Waals surface area contributed by atoms with E-state index in [1.807, 2.05) is 19.1 Å². The SMILES string of the molecule is CCC(Nc1ccc(C#N)c(C#N)c1)C(=O)OC. The molecule has 0 aromatic heterocycles. The maximum absolute atomic E-state index is 11.4. The molecule has 0 aliphatic carbocycles. The first-order valence-corrected chi connectivity index (χ1v) is 5.44. The van der Waals surface area contributed by atoms with Gasteiger partial charge in [-0.15, -0.1) is 0 Å². The van der Waals surface area contributed by atoms with Crippen LogP contribution in [0.3, 0.4) is 0 Å². The van der Waals surface area contributed by atoms with Gasteiger partial charge in [0.1, 0.15) is 18.2 Å². The average molecular weight is 243 g/mol. The van der Waals surface area contributed by atoms with Crippen LogP contribution in [0.4, 0.5) is 5.69 Å². The third kappa shape index (κ3) is 2.99. The van der Waals surface area contributed by atoms with Crippen LogP contribution >= 0.6 is 0 Å². The van der Waals surface area contributed by atoms with Crippen LogP contribution in [0, 0.1) is 22.7 Å². The molecular weight excluding hydrogens is 230 g/mol. The fourth-order valence-electron chi connectivity index (χ4n) is 1.50. The third-order valence-corrected chi connectivity index (χ3v) is 2.50. The highest BCUT2D eigenvalue weighted by molar-refractivity contribution is 5.79. The van der Waals surface area contributed by atoms with Crippen LogP contribution in [0.5, 0.6) is 0 Å². The van der Waals surface area contributed by atoms with Crippen LogP contribution in [-0.2, 0) is 9.53 Å². The Hall–Kier alpha value is -2.53. The molecule has 1 aromatic rings. The molecule has 0 heterocycles. The van der Waals surface area contributed by atoms with E-state index in [-0.39, 0.29) is 11.5 Å². The molecule has 0 aliphatic rings. The second-order valence-corrected chi connectivity index (χ2v) is 3.61. The van der Waals surface area contributed by atoms with Crippen molar-refractivity contribution in [2.75, 3.05) is 12.4 Å². The first-order chi connectivity index (χ1) is 8.65. The van der Waals surface area contributed by atoms with E-state index in [9.17, 15) is 4.79 Å². The zero-order chi connectivity index (χ0) is 13.5.